The Labute approximate surface area is 233 Å². The number of rotatable bonds is 6. The number of hydrogen-bond acceptors (Lipinski definition) is 6. The highest BCUT2D eigenvalue weighted by atomic mass is 16.2. The van der Waals surface area contributed by atoms with Gasteiger partial charge in [-0.3, -0.25) is 10.3 Å². The number of carbonyl (C=O) groups excluding carboxylic acids is 1. The SMILES string of the molecule is Cc1ccc(-n2nc(C(C)(C)C)cc2NC(=O)Nc2ccc(C)c(Nc3nccc(-c4cccnc4)n3)c2)cc1. The molecule has 202 valence electrons. The molecule has 0 saturated carbocycles. The zero-order chi connectivity index (χ0) is 28.3. The van der Waals surface area contributed by atoms with Crippen LogP contribution in [0.25, 0.3) is 16.9 Å². The van der Waals surface area contributed by atoms with Crippen molar-refractivity contribution < 1.29 is 4.79 Å². The van der Waals surface area contributed by atoms with E-state index in [1.165, 1.54) is 0 Å². The summed E-state index contributed by atoms with van der Waals surface area (Å²) in [5, 5.41) is 14.0. The molecule has 2 aromatic carbocycles. The zero-order valence-electron chi connectivity index (χ0n) is 23.2. The summed E-state index contributed by atoms with van der Waals surface area (Å²) in [6.45, 7) is 10.3. The fourth-order valence-electron chi connectivity index (χ4n) is 4.05. The number of nitrogens with one attached hydrogen (secondary N) is 3. The van der Waals surface area contributed by atoms with Crippen molar-refractivity contribution in [3.05, 3.63) is 102 Å². The molecule has 9 nitrogen and oxygen atoms in total. The van der Waals surface area contributed by atoms with Gasteiger partial charge in [-0.1, -0.05) is 44.5 Å². The smallest absolute Gasteiger partial charge is 0.324 e. The number of pyridine rings is 1. The number of amides is 2. The van der Waals surface area contributed by atoms with Crippen LogP contribution in [0.3, 0.4) is 0 Å². The van der Waals surface area contributed by atoms with E-state index in [1.54, 1.807) is 23.3 Å². The molecule has 9 heteroatoms. The van der Waals surface area contributed by atoms with Gasteiger partial charge in [-0.05, 0) is 61.9 Å². The Kier molecular flexibility index (Phi) is 7.29. The first kappa shape index (κ1) is 26.6. The zero-order valence-corrected chi connectivity index (χ0v) is 23.2. The number of aromatic nitrogens is 5. The van der Waals surface area contributed by atoms with Gasteiger partial charge in [-0.25, -0.2) is 19.4 Å². The van der Waals surface area contributed by atoms with Gasteiger partial charge in [-0.2, -0.15) is 5.10 Å². The molecule has 5 rings (SSSR count). The Morgan fingerprint density at radius 1 is 0.900 bits per heavy atom. The molecule has 40 heavy (non-hydrogen) atoms. The highest BCUT2D eigenvalue weighted by molar-refractivity contribution is 5.99. The summed E-state index contributed by atoms with van der Waals surface area (Å²) < 4.78 is 1.76. The third kappa shape index (κ3) is 6.15. The summed E-state index contributed by atoms with van der Waals surface area (Å²) in [4.78, 5) is 26.3. The largest absolute Gasteiger partial charge is 0.324 e. The van der Waals surface area contributed by atoms with Crippen molar-refractivity contribution in [2.45, 2.75) is 40.0 Å². The molecule has 0 aliphatic rings. The summed E-state index contributed by atoms with van der Waals surface area (Å²) in [6.07, 6.45) is 5.18. The van der Waals surface area contributed by atoms with Crippen LogP contribution in [0, 0.1) is 13.8 Å². The number of benzene rings is 2. The second-order valence-electron chi connectivity index (χ2n) is 10.7. The molecule has 5 aromatic rings. The molecule has 0 spiro atoms. The van der Waals surface area contributed by atoms with Gasteiger partial charge in [0.05, 0.1) is 17.1 Å². The van der Waals surface area contributed by atoms with E-state index in [4.69, 9.17) is 5.10 Å². The van der Waals surface area contributed by atoms with Crippen LogP contribution < -0.4 is 16.0 Å². The van der Waals surface area contributed by atoms with E-state index < -0.39 is 0 Å². The minimum atomic E-state index is -0.377. The number of urea groups is 1. The summed E-state index contributed by atoms with van der Waals surface area (Å²) in [7, 11) is 0. The summed E-state index contributed by atoms with van der Waals surface area (Å²) in [6, 6.07) is 20.8. The van der Waals surface area contributed by atoms with Crippen molar-refractivity contribution in [1.29, 1.82) is 0 Å². The number of carbonyl (C=O) groups is 1. The van der Waals surface area contributed by atoms with Crippen LogP contribution in [0.2, 0.25) is 0 Å². The van der Waals surface area contributed by atoms with Gasteiger partial charge in [0.2, 0.25) is 5.95 Å². The van der Waals surface area contributed by atoms with E-state index in [1.807, 2.05) is 80.6 Å². The molecule has 0 atom stereocenters. The standard InChI is InChI=1S/C31H32N8O/c1-20-8-12-24(13-9-20)39-28(18-27(38-39)31(3,4)5)37-30(40)34-23-11-10-21(2)26(17-23)36-29-33-16-14-25(35-29)22-7-6-15-32-19-22/h6-19H,1-5H3,(H,33,35,36)(H2,34,37,40). The molecule has 3 aromatic heterocycles. The van der Waals surface area contributed by atoms with E-state index in [-0.39, 0.29) is 11.4 Å². The van der Waals surface area contributed by atoms with Crippen LogP contribution in [-0.4, -0.2) is 30.8 Å². The molecule has 0 radical (unpaired) electrons. The minimum absolute atomic E-state index is 0.184. The third-order valence-corrected chi connectivity index (χ3v) is 6.35. The van der Waals surface area contributed by atoms with Crippen molar-refractivity contribution >= 4 is 29.2 Å². The average Bonchev–Trinajstić information content (AvgIpc) is 3.36. The molecular weight excluding hydrogens is 500 g/mol. The number of nitrogens with zero attached hydrogens (tertiary/aromatic N) is 5. The van der Waals surface area contributed by atoms with Gasteiger partial charge >= 0.3 is 6.03 Å². The van der Waals surface area contributed by atoms with E-state index in [2.05, 4.69) is 51.7 Å². The second-order valence-corrected chi connectivity index (χ2v) is 10.7. The Bertz CT molecular complexity index is 1640. The molecule has 0 bridgehead atoms. The lowest BCUT2D eigenvalue weighted by Crippen LogP contribution is -2.21. The van der Waals surface area contributed by atoms with Crippen LogP contribution in [0.5, 0.6) is 0 Å². The molecule has 0 aliphatic carbocycles. The maximum absolute atomic E-state index is 13.1. The first-order valence-electron chi connectivity index (χ1n) is 13.0. The maximum Gasteiger partial charge on any atom is 0.324 e. The molecular formula is C31H32N8O. The molecule has 0 aliphatic heterocycles. The normalized spacial score (nSPS) is 11.2. The van der Waals surface area contributed by atoms with Gasteiger partial charge < -0.3 is 10.6 Å². The lowest BCUT2D eigenvalue weighted by atomic mass is 9.92. The maximum atomic E-state index is 13.1. The molecule has 0 unspecified atom stereocenters. The predicted molar refractivity (Wildman–Crippen MR) is 159 cm³/mol. The fraction of sp³-hybridized carbons (Fsp3) is 0.194. The Balaban J connectivity index is 1.34. The molecule has 2 amide bonds. The average molecular weight is 533 g/mol. The highest BCUT2D eigenvalue weighted by Gasteiger charge is 2.21. The first-order valence-corrected chi connectivity index (χ1v) is 13.0. The van der Waals surface area contributed by atoms with Gasteiger partial charge in [0.1, 0.15) is 5.82 Å². The Hall–Kier alpha value is -5.05. The summed E-state index contributed by atoms with van der Waals surface area (Å²) in [5.41, 5.74) is 6.74. The van der Waals surface area contributed by atoms with Gasteiger partial charge in [-0.15, -0.1) is 0 Å². The van der Waals surface area contributed by atoms with Crippen molar-refractivity contribution in [2.24, 2.45) is 0 Å². The Morgan fingerprint density at radius 2 is 1.70 bits per heavy atom. The van der Waals surface area contributed by atoms with E-state index in [9.17, 15) is 4.79 Å². The first-order chi connectivity index (χ1) is 19.2. The molecule has 0 saturated heterocycles. The number of anilines is 4. The van der Waals surface area contributed by atoms with Gasteiger partial charge in [0.15, 0.2) is 0 Å². The van der Waals surface area contributed by atoms with E-state index in [0.29, 0.717) is 17.5 Å². The lowest BCUT2D eigenvalue weighted by molar-refractivity contribution is 0.262. The van der Waals surface area contributed by atoms with Gasteiger partial charge in [0, 0.05) is 47.0 Å². The molecule has 3 heterocycles. The van der Waals surface area contributed by atoms with Crippen LogP contribution in [0.1, 0.15) is 37.6 Å². The fourth-order valence-corrected chi connectivity index (χ4v) is 4.05. The molecule has 0 fully saturated rings. The van der Waals surface area contributed by atoms with E-state index >= 15 is 0 Å². The number of hydrogen-bond donors (Lipinski definition) is 3. The van der Waals surface area contributed by atoms with E-state index in [0.717, 1.165) is 39.5 Å². The molecule has 3 N–H and O–H groups in total. The summed E-state index contributed by atoms with van der Waals surface area (Å²) >= 11 is 0. The minimum Gasteiger partial charge on any atom is -0.324 e. The lowest BCUT2D eigenvalue weighted by Gasteiger charge is -2.14. The Morgan fingerprint density at radius 3 is 2.42 bits per heavy atom. The second kappa shape index (κ2) is 11.0. The number of aryl methyl sites for hydroxylation is 2. The van der Waals surface area contributed by atoms with Crippen LogP contribution >= 0.6 is 0 Å². The van der Waals surface area contributed by atoms with Crippen molar-refractivity contribution in [3.63, 3.8) is 0 Å². The predicted octanol–water partition coefficient (Wildman–Crippen LogP) is 7.03. The monoisotopic (exact) mass is 532 g/mol. The highest BCUT2D eigenvalue weighted by Crippen LogP contribution is 2.28. The topological polar surface area (TPSA) is 110 Å². The van der Waals surface area contributed by atoms with Crippen molar-refractivity contribution in [3.8, 4) is 16.9 Å². The van der Waals surface area contributed by atoms with Gasteiger partial charge in [0.25, 0.3) is 0 Å². The van der Waals surface area contributed by atoms with Crippen molar-refractivity contribution in [2.75, 3.05) is 16.0 Å². The van der Waals surface area contributed by atoms with Crippen LogP contribution in [0.15, 0.2) is 85.3 Å². The van der Waals surface area contributed by atoms with Crippen LogP contribution in [-0.2, 0) is 5.41 Å². The summed E-state index contributed by atoms with van der Waals surface area (Å²) in [5.74, 6) is 1.03. The third-order valence-electron chi connectivity index (χ3n) is 6.35. The van der Waals surface area contributed by atoms with Crippen LogP contribution in [0.4, 0.5) is 27.9 Å². The van der Waals surface area contributed by atoms with Crippen molar-refractivity contribution in [1.82, 2.24) is 24.7 Å². The quantitative estimate of drug-likeness (QED) is 0.217.